The minimum atomic E-state index is -1.39. The molecule has 0 spiro atoms. The molecule has 1 fully saturated rings. The Morgan fingerprint density at radius 1 is 1.19 bits per heavy atom. The quantitative estimate of drug-likeness (QED) is 0.526. The summed E-state index contributed by atoms with van der Waals surface area (Å²) >= 11 is 0. The van der Waals surface area contributed by atoms with Gasteiger partial charge in [0.25, 0.3) is 0 Å². The topological polar surface area (TPSA) is 112 Å². The van der Waals surface area contributed by atoms with Gasteiger partial charge in [-0.25, -0.2) is 0 Å². The highest BCUT2D eigenvalue weighted by atomic mass is 16.6. The summed E-state index contributed by atoms with van der Waals surface area (Å²) in [6, 6.07) is 6.00. The molecule has 1 aromatic rings. The van der Waals surface area contributed by atoms with Crippen LogP contribution in [0.2, 0.25) is 0 Å². The fourth-order valence-electron chi connectivity index (χ4n) is 2.11. The van der Waals surface area contributed by atoms with E-state index in [4.69, 9.17) is 14.6 Å². The molecule has 21 heavy (non-hydrogen) atoms. The first-order valence-corrected chi connectivity index (χ1v) is 6.54. The monoisotopic (exact) mass is 297 g/mol. The summed E-state index contributed by atoms with van der Waals surface area (Å²) in [6.45, 7) is -0.496. The Bertz CT molecular complexity index is 477. The zero-order valence-electron chi connectivity index (χ0n) is 11.5. The van der Waals surface area contributed by atoms with Gasteiger partial charge in [-0.2, -0.15) is 0 Å². The molecule has 1 heterocycles. The van der Waals surface area contributed by atoms with Crippen LogP contribution < -0.4 is 4.74 Å². The van der Waals surface area contributed by atoms with Gasteiger partial charge >= 0.3 is 0 Å². The molecular formula is C14H19NO6. The van der Waals surface area contributed by atoms with Crippen molar-refractivity contribution in [1.29, 1.82) is 0 Å². The number of hydrogen-bond acceptors (Lipinski definition) is 7. The van der Waals surface area contributed by atoms with Crippen molar-refractivity contribution in [2.45, 2.75) is 30.6 Å². The molecule has 0 aliphatic carbocycles. The van der Waals surface area contributed by atoms with E-state index in [1.165, 1.54) is 6.21 Å². The van der Waals surface area contributed by atoms with Crippen LogP contribution in [0.25, 0.3) is 0 Å². The molecule has 7 heteroatoms. The number of ether oxygens (including phenoxy) is 2. The van der Waals surface area contributed by atoms with E-state index in [2.05, 4.69) is 4.99 Å². The number of aliphatic hydroxyl groups is 4. The van der Waals surface area contributed by atoms with Crippen molar-refractivity contribution in [3.63, 3.8) is 0 Å². The number of benzene rings is 1. The van der Waals surface area contributed by atoms with E-state index in [0.717, 1.165) is 5.56 Å². The van der Waals surface area contributed by atoms with Gasteiger partial charge in [0, 0.05) is 6.21 Å². The van der Waals surface area contributed by atoms with Crippen molar-refractivity contribution < 1.29 is 29.9 Å². The summed E-state index contributed by atoms with van der Waals surface area (Å²) in [7, 11) is 1.56. The highest BCUT2D eigenvalue weighted by Crippen LogP contribution is 2.22. The third-order valence-corrected chi connectivity index (χ3v) is 3.38. The fraction of sp³-hybridized carbons (Fsp3) is 0.500. The SMILES string of the molecule is COc1ccc(C=N[C@H]2C(O)OC(CO)C(O)C2O)cc1. The number of rotatable bonds is 4. The largest absolute Gasteiger partial charge is 0.497 e. The maximum Gasteiger partial charge on any atom is 0.180 e. The molecule has 1 saturated heterocycles. The van der Waals surface area contributed by atoms with Crippen LogP contribution in [0.15, 0.2) is 29.3 Å². The number of nitrogens with zero attached hydrogens (tertiary/aromatic N) is 1. The second-order valence-electron chi connectivity index (χ2n) is 4.77. The summed E-state index contributed by atoms with van der Waals surface area (Å²) in [5, 5.41) is 38.5. The lowest BCUT2D eigenvalue weighted by molar-refractivity contribution is -0.248. The first-order valence-electron chi connectivity index (χ1n) is 6.54. The van der Waals surface area contributed by atoms with Crippen molar-refractivity contribution >= 4 is 6.21 Å². The molecule has 0 saturated carbocycles. The summed E-state index contributed by atoms with van der Waals surface area (Å²) in [5.41, 5.74) is 0.744. The third-order valence-electron chi connectivity index (χ3n) is 3.38. The molecule has 0 bridgehead atoms. The fourth-order valence-corrected chi connectivity index (χ4v) is 2.11. The van der Waals surface area contributed by atoms with Crippen LogP contribution in [0.3, 0.4) is 0 Å². The van der Waals surface area contributed by atoms with Crippen LogP contribution in [0.5, 0.6) is 5.75 Å². The molecule has 1 aliphatic heterocycles. The average molecular weight is 297 g/mol. The average Bonchev–Trinajstić information content (AvgIpc) is 2.51. The van der Waals surface area contributed by atoms with Gasteiger partial charge in [0.2, 0.25) is 0 Å². The molecule has 5 atom stereocenters. The molecule has 0 aromatic heterocycles. The van der Waals surface area contributed by atoms with Gasteiger partial charge in [0.15, 0.2) is 6.29 Å². The lowest BCUT2D eigenvalue weighted by Crippen LogP contribution is -2.57. The second kappa shape index (κ2) is 6.97. The number of aliphatic hydroxyl groups excluding tert-OH is 4. The molecule has 4 unspecified atom stereocenters. The van der Waals surface area contributed by atoms with E-state index >= 15 is 0 Å². The maximum absolute atomic E-state index is 9.93. The van der Waals surface area contributed by atoms with Crippen LogP contribution in [0, 0.1) is 0 Å². The minimum Gasteiger partial charge on any atom is -0.497 e. The van der Waals surface area contributed by atoms with Crippen LogP contribution in [-0.2, 0) is 4.74 Å². The Morgan fingerprint density at radius 3 is 2.43 bits per heavy atom. The summed E-state index contributed by atoms with van der Waals surface area (Å²) < 4.78 is 10.1. The lowest BCUT2D eigenvalue weighted by atomic mass is 9.97. The van der Waals surface area contributed by atoms with Gasteiger partial charge in [-0.15, -0.1) is 0 Å². The summed E-state index contributed by atoms with van der Waals surface area (Å²) in [5.74, 6) is 0.703. The van der Waals surface area contributed by atoms with Crippen molar-refractivity contribution in [2.75, 3.05) is 13.7 Å². The van der Waals surface area contributed by atoms with E-state index in [9.17, 15) is 15.3 Å². The highest BCUT2D eigenvalue weighted by Gasteiger charge is 2.43. The molecule has 4 N–H and O–H groups in total. The molecule has 116 valence electrons. The van der Waals surface area contributed by atoms with E-state index in [0.29, 0.717) is 5.75 Å². The molecule has 1 aromatic carbocycles. The van der Waals surface area contributed by atoms with E-state index < -0.39 is 37.3 Å². The zero-order chi connectivity index (χ0) is 15.4. The Balaban J connectivity index is 2.08. The van der Waals surface area contributed by atoms with Gasteiger partial charge < -0.3 is 29.9 Å². The standard InChI is InChI=1S/C14H19NO6/c1-20-9-4-2-8(3-5-9)6-15-11-13(18)12(17)10(7-16)21-14(11)19/h2-6,10-14,16-19H,7H2,1H3/t10?,11-,12?,13?,14?/m1/s1. The molecule has 7 nitrogen and oxygen atoms in total. The Hall–Kier alpha value is -1.51. The van der Waals surface area contributed by atoms with Gasteiger partial charge in [-0.1, -0.05) is 0 Å². The molecule has 2 rings (SSSR count). The molecule has 1 aliphatic rings. The predicted octanol–water partition coefficient (Wildman–Crippen LogP) is -1.09. The van der Waals surface area contributed by atoms with Gasteiger partial charge in [0.1, 0.15) is 30.1 Å². The van der Waals surface area contributed by atoms with Crippen molar-refractivity contribution in [1.82, 2.24) is 0 Å². The number of hydrogen-bond donors (Lipinski definition) is 4. The lowest BCUT2D eigenvalue weighted by Gasteiger charge is -2.38. The smallest absolute Gasteiger partial charge is 0.180 e. The van der Waals surface area contributed by atoms with E-state index in [1.807, 2.05) is 0 Å². The highest BCUT2D eigenvalue weighted by molar-refractivity contribution is 5.79. The van der Waals surface area contributed by atoms with Crippen molar-refractivity contribution in [3.05, 3.63) is 29.8 Å². The maximum atomic E-state index is 9.93. The third kappa shape index (κ3) is 3.58. The predicted molar refractivity (Wildman–Crippen MR) is 74.4 cm³/mol. The molecule has 0 amide bonds. The Morgan fingerprint density at radius 2 is 1.86 bits per heavy atom. The van der Waals surface area contributed by atoms with Crippen LogP contribution in [0.4, 0.5) is 0 Å². The minimum absolute atomic E-state index is 0.496. The first-order chi connectivity index (χ1) is 10.1. The van der Waals surface area contributed by atoms with E-state index in [1.54, 1.807) is 31.4 Å². The zero-order valence-corrected chi connectivity index (χ0v) is 11.5. The van der Waals surface area contributed by atoms with Crippen LogP contribution in [0.1, 0.15) is 5.56 Å². The number of methoxy groups -OCH3 is 1. The van der Waals surface area contributed by atoms with Gasteiger partial charge in [0.05, 0.1) is 13.7 Å². The van der Waals surface area contributed by atoms with Crippen molar-refractivity contribution in [2.24, 2.45) is 4.99 Å². The Kier molecular flexibility index (Phi) is 5.27. The van der Waals surface area contributed by atoms with Gasteiger partial charge in [-0.3, -0.25) is 4.99 Å². The molecule has 0 radical (unpaired) electrons. The normalized spacial score (nSPS) is 33.3. The number of aliphatic imine (C=N–C) groups is 1. The summed E-state index contributed by atoms with van der Waals surface area (Å²) in [6.07, 6.45) is -3.58. The first kappa shape index (κ1) is 15.9. The van der Waals surface area contributed by atoms with E-state index in [-0.39, 0.29) is 0 Å². The summed E-state index contributed by atoms with van der Waals surface area (Å²) in [4.78, 5) is 4.06. The van der Waals surface area contributed by atoms with Crippen LogP contribution >= 0.6 is 0 Å². The molecular weight excluding hydrogens is 278 g/mol. The van der Waals surface area contributed by atoms with Crippen molar-refractivity contribution in [3.8, 4) is 5.75 Å². The van der Waals surface area contributed by atoms with Crippen LogP contribution in [-0.4, -0.2) is 71.0 Å². The van der Waals surface area contributed by atoms with Gasteiger partial charge in [-0.05, 0) is 29.8 Å². The second-order valence-corrected chi connectivity index (χ2v) is 4.77. The Labute approximate surface area is 122 Å².